The molecule has 1 saturated carbocycles. The summed E-state index contributed by atoms with van der Waals surface area (Å²) in [6.07, 6.45) is 0. The molecule has 0 radical (unpaired) electrons. The van der Waals surface area contributed by atoms with Crippen molar-refractivity contribution in [2.75, 3.05) is 6.61 Å². The van der Waals surface area contributed by atoms with Crippen LogP contribution in [0.2, 0.25) is 0 Å². The lowest BCUT2D eigenvalue weighted by molar-refractivity contribution is -0.142. The molecule has 18 heavy (non-hydrogen) atoms. The van der Waals surface area contributed by atoms with Crippen LogP contribution in [-0.2, 0) is 9.53 Å². The number of alkyl halides is 2. The molecule has 98 valence electrons. The molecule has 1 aliphatic rings. The average Bonchev–Trinajstić information content (AvgIpc) is 2.82. The van der Waals surface area contributed by atoms with Gasteiger partial charge < -0.3 is 4.74 Å². The van der Waals surface area contributed by atoms with E-state index >= 15 is 0 Å². The van der Waals surface area contributed by atoms with Gasteiger partial charge in [0.15, 0.2) is 0 Å². The second-order valence-electron chi connectivity index (χ2n) is 4.23. The average molecular weight is 323 g/mol. The quantitative estimate of drug-likeness (QED) is 0.796. The molecular formula is C12H10BrF3O2. The number of carbonyl (C=O) groups excluding carboxylic acids is 1. The van der Waals surface area contributed by atoms with Gasteiger partial charge in [0.25, 0.3) is 5.92 Å². The number of benzene rings is 1. The lowest BCUT2D eigenvalue weighted by Gasteiger charge is -2.01. The first-order chi connectivity index (χ1) is 8.34. The van der Waals surface area contributed by atoms with E-state index in [0.29, 0.717) is 0 Å². The van der Waals surface area contributed by atoms with Gasteiger partial charge in [0, 0.05) is 6.92 Å². The summed E-state index contributed by atoms with van der Waals surface area (Å²) in [6, 6.07) is 3.91. The van der Waals surface area contributed by atoms with Crippen molar-refractivity contribution in [1.29, 1.82) is 0 Å². The molecule has 2 atom stereocenters. The molecule has 1 aromatic carbocycles. The second kappa shape index (κ2) is 4.57. The fourth-order valence-electron chi connectivity index (χ4n) is 1.96. The lowest BCUT2D eigenvalue weighted by Crippen LogP contribution is -2.06. The predicted molar refractivity (Wildman–Crippen MR) is 61.9 cm³/mol. The third-order valence-electron chi connectivity index (χ3n) is 2.97. The maximum atomic E-state index is 13.5. The van der Waals surface area contributed by atoms with E-state index < -0.39 is 29.5 Å². The van der Waals surface area contributed by atoms with Gasteiger partial charge in [-0.1, -0.05) is 6.07 Å². The van der Waals surface area contributed by atoms with Gasteiger partial charge in [0.2, 0.25) is 0 Å². The molecule has 0 saturated heterocycles. The Balaban J connectivity index is 2.14. The molecule has 0 amide bonds. The molecule has 0 aromatic heterocycles. The number of hydrogen-bond acceptors (Lipinski definition) is 2. The Morgan fingerprint density at radius 2 is 2.17 bits per heavy atom. The Morgan fingerprint density at radius 1 is 1.50 bits per heavy atom. The van der Waals surface area contributed by atoms with Crippen LogP contribution in [0.15, 0.2) is 22.7 Å². The first-order valence-corrected chi connectivity index (χ1v) is 6.09. The molecule has 0 bridgehead atoms. The fourth-order valence-corrected chi connectivity index (χ4v) is 2.21. The first-order valence-electron chi connectivity index (χ1n) is 5.30. The van der Waals surface area contributed by atoms with Crippen molar-refractivity contribution in [2.45, 2.75) is 18.8 Å². The van der Waals surface area contributed by atoms with Crippen molar-refractivity contribution < 1.29 is 22.7 Å². The van der Waals surface area contributed by atoms with Crippen molar-refractivity contribution in [1.82, 2.24) is 0 Å². The van der Waals surface area contributed by atoms with Gasteiger partial charge in [0.05, 0.1) is 16.3 Å². The van der Waals surface area contributed by atoms with Crippen LogP contribution in [0, 0.1) is 11.7 Å². The molecule has 6 heteroatoms. The van der Waals surface area contributed by atoms with E-state index in [-0.39, 0.29) is 16.6 Å². The van der Waals surface area contributed by atoms with Gasteiger partial charge in [-0.3, -0.25) is 4.79 Å². The Morgan fingerprint density at radius 3 is 2.72 bits per heavy atom. The van der Waals surface area contributed by atoms with E-state index in [1.54, 1.807) is 0 Å². The zero-order valence-corrected chi connectivity index (χ0v) is 11.0. The van der Waals surface area contributed by atoms with Crippen LogP contribution in [0.1, 0.15) is 18.4 Å². The molecule has 2 unspecified atom stereocenters. The molecule has 0 spiro atoms. The number of rotatable bonds is 3. The van der Waals surface area contributed by atoms with Crippen LogP contribution in [-0.4, -0.2) is 18.5 Å². The van der Waals surface area contributed by atoms with Crippen molar-refractivity contribution in [3.8, 4) is 0 Å². The van der Waals surface area contributed by atoms with Crippen LogP contribution in [0.3, 0.4) is 0 Å². The van der Waals surface area contributed by atoms with Crippen molar-refractivity contribution in [3.63, 3.8) is 0 Å². The smallest absolute Gasteiger partial charge is 0.302 e. The van der Waals surface area contributed by atoms with Crippen LogP contribution < -0.4 is 0 Å². The molecule has 2 nitrogen and oxygen atoms in total. The highest BCUT2D eigenvalue weighted by molar-refractivity contribution is 9.10. The highest BCUT2D eigenvalue weighted by Gasteiger charge is 2.69. The van der Waals surface area contributed by atoms with Crippen LogP contribution in [0.5, 0.6) is 0 Å². The maximum absolute atomic E-state index is 13.5. The maximum Gasteiger partial charge on any atom is 0.302 e. The van der Waals surface area contributed by atoms with Crippen molar-refractivity contribution in [2.24, 2.45) is 5.92 Å². The number of carbonyl (C=O) groups is 1. The third kappa shape index (κ3) is 2.39. The number of ether oxygens (including phenoxy) is 1. The minimum absolute atomic E-state index is 0.220. The van der Waals surface area contributed by atoms with E-state index in [9.17, 15) is 18.0 Å². The van der Waals surface area contributed by atoms with E-state index in [4.69, 9.17) is 0 Å². The molecule has 2 rings (SSSR count). The summed E-state index contributed by atoms with van der Waals surface area (Å²) in [5, 5.41) is 0. The third-order valence-corrected chi connectivity index (χ3v) is 3.61. The lowest BCUT2D eigenvalue weighted by atomic mass is 10.1. The Hall–Kier alpha value is -1.04. The first kappa shape index (κ1) is 13.4. The number of halogens is 4. The van der Waals surface area contributed by atoms with Crippen LogP contribution in [0.4, 0.5) is 13.2 Å². The molecule has 1 aliphatic carbocycles. The Labute approximate surface area is 110 Å². The molecule has 1 aromatic rings. The second-order valence-corrected chi connectivity index (χ2v) is 5.09. The summed E-state index contributed by atoms with van der Waals surface area (Å²) in [5.41, 5.74) is 0.220. The number of hydrogen-bond donors (Lipinski definition) is 0. The zero-order chi connectivity index (χ0) is 13.5. The summed E-state index contributed by atoms with van der Waals surface area (Å²) in [4.78, 5) is 10.6. The topological polar surface area (TPSA) is 26.3 Å². The van der Waals surface area contributed by atoms with Gasteiger partial charge in [-0.05, 0) is 33.6 Å². The minimum atomic E-state index is -2.95. The van der Waals surface area contributed by atoms with Gasteiger partial charge in [0.1, 0.15) is 12.4 Å². The molecule has 0 heterocycles. The van der Waals surface area contributed by atoms with E-state index in [1.165, 1.54) is 12.1 Å². The molecule has 1 fully saturated rings. The van der Waals surface area contributed by atoms with E-state index in [2.05, 4.69) is 20.7 Å². The summed E-state index contributed by atoms with van der Waals surface area (Å²) < 4.78 is 45.1. The largest absolute Gasteiger partial charge is 0.465 e. The van der Waals surface area contributed by atoms with Crippen LogP contribution >= 0.6 is 15.9 Å². The monoisotopic (exact) mass is 322 g/mol. The summed E-state index contributed by atoms with van der Waals surface area (Å²) in [6.45, 7) is 0.819. The van der Waals surface area contributed by atoms with Gasteiger partial charge >= 0.3 is 5.97 Å². The number of esters is 1. The van der Waals surface area contributed by atoms with Gasteiger partial charge in [-0.15, -0.1) is 0 Å². The highest BCUT2D eigenvalue weighted by Crippen LogP contribution is 2.61. The highest BCUT2D eigenvalue weighted by atomic mass is 79.9. The van der Waals surface area contributed by atoms with Gasteiger partial charge in [-0.2, -0.15) is 0 Å². The summed E-state index contributed by atoms with van der Waals surface area (Å²) in [7, 11) is 0. The van der Waals surface area contributed by atoms with Crippen molar-refractivity contribution >= 4 is 21.9 Å². The predicted octanol–water partition coefficient (Wildman–Crippen LogP) is 3.50. The molecule has 0 aliphatic heterocycles. The fraction of sp³-hybridized carbons (Fsp3) is 0.417. The van der Waals surface area contributed by atoms with E-state index in [0.717, 1.165) is 13.0 Å². The Bertz CT molecular complexity index is 490. The van der Waals surface area contributed by atoms with Gasteiger partial charge in [-0.25, -0.2) is 13.2 Å². The summed E-state index contributed by atoms with van der Waals surface area (Å²) >= 11 is 2.96. The zero-order valence-electron chi connectivity index (χ0n) is 9.42. The van der Waals surface area contributed by atoms with Crippen LogP contribution in [0.25, 0.3) is 0 Å². The normalized spacial score (nSPS) is 24.7. The molecular weight excluding hydrogens is 313 g/mol. The Kier molecular flexibility index (Phi) is 3.40. The standard InChI is InChI=1S/C12H10BrF3O2/c1-6(17)18-5-8-11(12(8,15)16)7-2-3-9(13)10(14)4-7/h2-4,8,11H,5H2,1H3. The SMILES string of the molecule is CC(=O)OCC1C(c2ccc(Br)c(F)c2)C1(F)F. The van der Waals surface area contributed by atoms with Crippen molar-refractivity contribution in [3.05, 3.63) is 34.1 Å². The molecule has 0 N–H and O–H groups in total. The minimum Gasteiger partial charge on any atom is -0.465 e. The van der Waals surface area contributed by atoms with E-state index in [1.807, 2.05) is 0 Å². The summed E-state index contributed by atoms with van der Waals surface area (Å²) in [5.74, 6) is -6.28.